The van der Waals surface area contributed by atoms with Crippen molar-refractivity contribution in [3.05, 3.63) is 59.7 Å². The van der Waals surface area contributed by atoms with Crippen LogP contribution in [0.15, 0.2) is 48.5 Å². The SMILES string of the molecule is C#CCOC1CCN(C(=O)OCC2c3ccccc3-c3ccccc32)CC1. The number of terminal acetylenes is 1. The summed E-state index contributed by atoms with van der Waals surface area (Å²) in [6, 6.07) is 16.7. The van der Waals surface area contributed by atoms with Crippen molar-refractivity contribution in [3.63, 3.8) is 0 Å². The standard InChI is InChI=1S/C23H23NO3/c1-2-15-26-17-11-13-24(14-12-17)23(25)27-16-22-20-9-5-3-7-18(20)19-8-4-6-10-21(19)22/h1,3-10,17,22H,11-16H2. The molecule has 1 saturated heterocycles. The fourth-order valence-corrected chi connectivity index (χ4v) is 4.06. The molecule has 4 heteroatoms. The maximum Gasteiger partial charge on any atom is 0.409 e. The molecule has 1 fully saturated rings. The number of hydrogen-bond donors (Lipinski definition) is 0. The van der Waals surface area contributed by atoms with Crippen molar-refractivity contribution in [2.24, 2.45) is 0 Å². The maximum absolute atomic E-state index is 12.5. The summed E-state index contributed by atoms with van der Waals surface area (Å²) in [6.45, 7) is 1.98. The number of piperidine rings is 1. The van der Waals surface area contributed by atoms with Crippen molar-refractivity contribution >= 4 is 6.09 Å². The normalized spacial score (nSPS) is 16.5. The van der Waals surface area contributed by atoms with Gasteiger partial charge in [-0.05, 0) is 35.1 Å². The van der Waals surface area contributed by atoms with Gasteiger partial charge in [0.25, 0.3) is 0 Å². The van der Waals surface area contributed by atoms with Gasteiger partial charge in [-0.2, -0.15) is 0 Å². The molecule has 2 aromatic carbocycles. The molecular formula is C23H23NO3. The monoisotopic (exact) mass is 361 g/mol. The van der Waals surface area contributed by atoms with Crippen LogP contribution in [0.3, 0.4) is 0 Å². The van der Waals surface area contributed by atoms with Gasteiger partial charge in [0.2, 0.25) is 0 Å². The van der Waals surface area contributed by atoms with Crippen LogP contribution in [0, 0.1) is 12.3 Å². The lowest BCUT2D eigenvalue weighted by Crippen LogP contribution is -2.41. The van der Waals surface area contributed by atoms with E-state index in [2.05, 4.69) is 42.3 Å². The summed E-state index contributed by atoms with van der Waals surface area (Å²) in [6.07, 6.45) is 6.72. The van der Waals surface area contributed by atoms with E-state index in [-0.39, 0.29) is 18.1 Å². The van der Waals surface area contributed by atoms with Crippen LogP contribution in [0.1, 0.15) is 29.9 Å². The van der Waals surface area contributed by atoms with Crippen LogP contribution in [0.4, 0.5) is 4.79 Å². The number of likely N-dealkylation sites (tertiary alicyclic amines) is 1. The van der Waals surface area contributed by atoms with Gasteiger partial charge in [-0.1, -0.05) is 54.5 Å². The Balaban J connectivity index is 1.38. The van der Waals surface area contributed by atoms with Crippen LogP contribution in [0.25, 0.3) is 11.1 Å². The first-order chi connectivity index (χ1) is 13.3. The Hall–Kier alpha value is -2.77. The fourth-order valence-electron chi connectivity index (χ4n) is 4.06. The van der Waals surface area contributed by atoms with E-state index in [9.17, 15) is 4.79 Å². The summed E-state index contributed by atoms with van der Waals surface area (Å²) >= 11 is 0. The van der Waals surface area contributed by atoms with E-state index in [1.165, 1.54) is 22.3 Å². The number of carbonyl (C=O) groups is 1. The largest absolute Gasteiger partial charge is 0.448 e. The van der Waals surface area contributed by atoms with Crippen molar-refractivity contribution in [2.75, 3.05) is 26.3 Å². The first kappa shape index (κ1) is 17.6. The average Bonchev–Trinajstić information content (AvgIpc) is 3.05. The Morgan fingerprint density at radius 3 is 2.22 bits per heavy atom. The minimum atomic E-state index is -0.243. The van der Waals surface area contributed by atoms with Gasteiger partial charge in [-0.25, -0.2) is 4.79 Å². The number of amides is 1. The van der Waals surface area contributed by atoms with E-state index >= 15 is 0 Å². The summed E-state index contributed by atoms with van der Waals surface area (Å²) in [4.78, 5) is 14.3. The van der Waals surface area contributed by atoms with E-state index in [1.54, 1.807) is 4.90 Å². The third-order valence-electron chi connectivity index (χ3n) is 5.44. The van der Waals surface area contributed by atoms with Crippen molar-refractivity contribution in [1.29, 1.82) is 0 Å². The van der Waals surface area contributed by atoms with Crippen LogP contribution in [-0.2, 0) is 9.47 Å². The molecule has 1 heterocycles. The topological polar surface area (TPSA) is 38.8 Å². The van der Waals surface area contributed by atoms with E-state index in [0.29, 0.717) is 26.3 Å². The quantitative estimate of drug-likeness (QED) is 0.771. The van der Waals surface area contributed by atoms with Gasteiger partial charge < -0.3 is 14.4 Å². The van der Waals surface area contributed by atoms with Crippen molar-refractivity contribution < 1.29 is 14.3 Å². The van der Waals surface area contributed by atoms with Crippen LogP contribution >= 0.6 is 0 Å². The lowest BCUT2D eigenvalue weighted by molar-refractivity contribution is 0.0201. The molecule has 0 radical (unpaired) electrons. The summed E-state index contributed by atoms with van der Waals surface area (Å²) in [5.41, 5.74) is 4.93. The van der Waals surface area contributed by atoms with Crippen molar-refractivity contribution in [2.45, 2.75) is 24.9 Å². The van der Waals surface area contributed by atoms with Gasteiger partial charge >= 0.3 is 6.09 Å². The number of carbonyl (C=O) groups excluding carboxylic acids is 1. The highest BCUT2D eigenvalue weighted by Crippen LogP contribution is 2.44. The second-order valence-corrected chi connectivity index (χ2v) is 7.01. The van der Waals surface area contributed by atoms with Gasteiger partial charge in [0, 0.05) is 19.0 Å². The molecule has 1 aliphatic carbocycles. The lowest BCUT2D eigenvalue weighted by atomic mass is 9.98. The van der Waals surface area contributed by atoms with Gasteiger partial charge in [-0.15, -0.1) is 6.42 Å². The van der Waals surface area contributed by atoms with Crippen LogP contribution in [-0.4, -0.2) is 43.4 Å². The molecule has 4 rings (SSSR count). The van der Waals surface area contributed by atoms with Gasteiger partial charge in [0.1, 0.15) is 13.2 Å². The highest BCUT2D eigenvalue weighted by Gasteiger charge is 2.30. The summed E-state index contributed by atoms with van der Waals surface area (Å²) < 4.78 is 11.3. The predicted molar refractivity (Wildman–Crippen MR) is 104 cm³/mol. The molecule has 138 valence electrons. The van der Waals surface area contributed by atoms with Crippen LogP contribution in [0.2, 0.25) is 0 Å². The molecule has 0 bridgehead atoms. The fraction of sp³-hybridized carbons (Fsp3) is 0.348. The van der Waals surface area contributed by atoms with E-state index in [0.717, 1.165) is 12.8 Å². The minimum absolute atomic E-state index is 0.0952. The van der Waals surface area contributed by atoms with Gasteiger partial charge in [0.05, 0.1) is 6.10 Å². The third-order valence-corrected chi connectivity index (χ3v) is 5.44. The summed E-state index contributed by atoms with van der Waals surface area (Å²) in [7, 11) is 0. The van der Waals surface area contributed by atoms with E-state index in [4.69, 9.17) is 15.9 Å². The zero-order valence-corrected chi connectivity index (χ0v) is 15.3. The molecule has 2 aliphatic rings. The molecule has 4 nitrogen and oxygen atoms in total. The minimum Gasteiger partial charge on any atom is -0.448 e. The Labute approximate surface area is 160 Å². The van der Waals surface area contributed by atoms with Crippen molar-refractivity contribution in [1.82, 2.24) is 4.90 Å². The number of ether oxygens (including phenoxy) is 2. The smallest absolute Gasteiger partial charge is 0.409 e. The lowest BCUT2D eigenvalue weighted by Gasteiger charge is -2.31. The highest BCUT2D eigenvalue weighted by molar-refractivity contribution is 5.79. The molecule has 0 spiro atoms. The molecule has 0 saturated carbocycles. The highest BCUT2D eigenvalue weighted by atomic mass is 16.6. The zero-order valence-electron chi connectivity index (χ0n) is 15.3. The zero-order chi connectivity index (χ0) is 18.6. The van der Waals surface area contributed by atoms with Crippen LogP contribution < -0.4 is 0 Å². The number of rotatable bonds is 4. The molecule has 0 aromatic heterocycles. The average molecular weight is 361 g/mol. The second kappa shape index (κ2) is 7.85. The first-order valence-corrected chi connectivity index (χ1v) is 9.43. The molecule has 0 unspecified atom stereocenters. The molecule has 27 heavy (non-hydrogen) atoms. The first-order valence-electron chi connectivity index (χ1n) is 9.43. The number of nitrogens with zero attached hydrogens (tertiary/aromatic N) is 1. The van der Waals surface area contributed by atoms with Crippen molar-refractivity contribution in [3.8, 4) is 23.5 Å². The van der Waals surface area contributed by atoms with E-state index < -0.39 is 0 Å². The van der Waals surface area contributed by atoms with Crippen LogP contribution in [0.5, 0.6) is 0 Å². The van der Waals surface area contributed by atoms with Gasteiger partial charge in [0.15, 0.2) is 0 Å². The Kier molecular flexibility index (Phi) is 5.13. The second-order valence-electron chi connectivity index (χ2n) is 7.01. The maximum atomic E-state index is 12.5. The molecule has 2 aromatic rings. The molecule has 1 aliphatic heterocycles. The number of hydrogen-bond acceptors (Lipinski definition) is 3. The molecule has 1 amide bonds. The number of fused-ring (bicyclic) bond motifs is 3. The molecule has 0 N–H and O–H groups in total. The Morgan fingerprint density at radius 2 is 1.63 bits per heavy atom. The molecular weight excluding hydrogens is 338 g/mol. The third kappa shape index (κ3) is 3.56. The summed E-state index contributed by atoms with van der Waals surface area (Å²) in [5.74, 6) is 2.58. The van der Waals surface area contributed by atoms with Gasteiger partial charge in [-0.3, -0.25) is 0 Å². The Morgan fingerprint density at radius 1 is 1.04 bits per heavy atom. The van der Waals surface area contributed by atoms with E-state index in [1.807, 2.05) is 12.1 Å². The summed E-state index contributed by atoms with van der Waals surface area (Å²) in [5, 5.41) is 0. The predicted octanol–water partition coefficient (Wildman–Crippen LogP) is 4.05. The number of benzene rings is 2. The molecule has 0 atom stereocenters. The Bertz CT molecular complexity index is 816.